The number of esters is 4. The summed E-state index contributed by atoms with van der Waals surface area (Å²) < 4.78 is 32.1. The highest BCUT2D eigenvalue weighted by molar-refractivity contribution is 5.83. The van der Waals surface area contributed by atoms with Gasteiger partial charge in [-0.05, 0) is 27.7 Å². The topological polar surface area (TPSA) is 148 Å². The van der Waals surface area contributed by atoms with Gasteiger partial charge in [0.15, 0.2) is 0 Å². The summed E-state index contributed by atoms with van der Waals surface area (Å²) in [7, 11) is 0. The Morgan fingerprint density at radius 3 is 1.36 bits per heavy atom. The third kappa shape index (κ3) is 8.99. The molecule has 0 spiro atoms. The first-order chi connectivity index (χ1) is 17.3. The number of nitrogens with one attached hydrogen (secondary N) is 2. The molecule has 2 rings (SSSR count). The van der Waals surface area contributed by atoms with E-state index in [2.05, 4.69) is 10.6 Å². The van der Waals surface area contributed by atoms with Crippen LogP contribution in [0.1, 0.15) is 40.5 Å². The molecule has 0 aromatic carbocycles. The SMILES string of the molecule is CCOC(=O)CC(NCC1COC2C(CNC(CC(=O)OCC)C(=O)OCC)COC12)C(=O)OCC. The Kier molecular flexibility index (Phi) is 13.1. The quantitative estimate of drug-likeness (QED) is 0.210. The number of carbonyl (C=O) groups is 4. The number of fused-ring (bicyclic) bond motifs is 1. The molecule has 12 heteroatoms. The molecular formula is C24H40N2O10. The lowest BCUT2D eigenvalue weighted by molar-refractivity contribution is -0.152. The van der Waals surface area contributed by atoms with E-state index in [9.17, 15) is 19.2 Å². The van der Waals surface area contributed by atoms with E-state index in [0.717, 1.165) is 0 Å². The van der Waals surface area contributed by atoms with Crippen molar-refractivity contribution >= 4 is 23.9 Å². The predicted molar refractivity (Wildman–Crippen MR) is 126 cm³/mol. The van der Waals surface area contributed by atoms with Crippen LogP contribution in [0.3, 0.4) is 0 Å². The van der Waals surface area contributed by atoms with Crippen molar-refractivity contribution in [2.24, 2.45) is 11.8 Å². The van der Waals surface area contributed by atoms with Gasteiger partial charge in [0.05, 0.1) is 64.7 Å². The summed E-state index contributed by atoms with van der Waals surface area (Å²) in [6.45, 7) is 9.29. The van der Waals surface area contributed by atoms with Crippen LogP contribution < -0.4 is 10.6 Å². The summed E-state index contributed by atoms with van der Waals surface area (Å²) in [6, 6.07) is -1.65. The summed E-state index contributed by atoms with van der Waals surface area (Å²) in [5.74, 6) is -2.07. The van der Waals surface area contributed by atoms with E-state index in [4.69, 9.17) is 28.4 Å². The standard InChI is InChI=1S/C24H40N2O10/c1-5-31-19(27)9-17(23(29)33-7-3)25-11-15-13-35-22-16(14-36-21(15)22)12-26-18(24(30)34-8-4)10-20(28)32-6-2/h15-18,21-22,25-26H,5-14H2,1-4H3. The van der Waals surface area contributed by atoms with Gasteiger partial charge in [0, 0.05) is 24.9 Å². The normalized spacial score (nSPS) is 24.4. The van der Waals surface area contributed by atoms with Crippen LogP contribution in [0.25, 0.3) is 0 Å². The molecule has 12 nitrogen and oxygen atoms in total. The van der Waals surface area contributed by atoms with Gasteiger partial charge in [-0.2, -0.15) is 0 Å². The Bertz CT molecular complexity index is 674. The molecule has 0 radical (unpaired) electrons. The van der Waals surface area contributed by atoms with Crippen molar-refractivity contribution in [2.75, 3.05) is 52.7 Å². The number of ether oxygens (including phenoxy) is 6. The van der Waals surface area contributed by atoms with Crippen molar-refractivity contribution in [3.05, 3.63) is 0 Å². The van der Waals surface area contributed by atoms with E-state index in [1.54, 1.807) is 27.7 Å². The minimum Gasteiger partial charge on any atom is -0.466 e. The molecule has 0 amide bonds. The van der Waals surface area contributed by atoms with Crippen LogP contribution >= 0.6 is 0 Å². The van der Waals surface area contributed by atoms with Gasteiger partial charge in [-0.25, -0.2) is 0 Å². The smallest absolute Gasteiger partial charge is 0.323 e. The molecule has 2 saturated heterocycles. The molecule has 2 aliphatic heterocycles. The molecule has 2 N–H and O–H groups in total. The maximum Gasteiger partial charge on any atom is 0.323 e. The second-order valence-corrected chi connectivity index (χ2v) is 8.56. The Morgan fingerprint density at radius 1 is 0.667 bits per heavy atom. The minimum absolute atomic E-state index is 0.0421. The molecule has 6 unspecified atom stereocenters. The Morgan fingerprint density at radius 2 is 1.03 bits per heavy atom. The zero-order valence-electron chi connectivity index (χ0n) is 21.6. The third-order valence-corrected chi connectivity index (χ3v) is 6.01. The third-order valence-electron chi connectivity index (χ3n) is 6.01. The van der Waals surface area contributed by atoms with Gasteiger partial charge in [-0.15, -0.1) is 0 Å². The summed E-state index contributed by atoms with van der Waals surface area (Å²) in [4.78, 5) is 48.4. The predicted octanol–water partition coefficient (Wildman–Crippen LogP) is -0.0346. The van der Waals surface area contributed by atoms with Crippen LogP contribution in [-0.2, 0) is 47.6 Å². The van der Waals surface area contributed by atoms with E-state index >= 15 is 0 Å². The average Bonchev–Trinajstić information content (AvgIpc) is 3.42. The van der Waals surface area contributed by atoms with Crippen LogP contribution in [0, 0.1) is 11.8 Å². The zero-order valence-corrected chi connectivity index (χ0v) is 21.6. The summed E-state index contributed by atoms with van der Waals surface area (Å²) in [5, 5.41) is 6.22. The lowest BCUT2D eigenvalue weighted by Gasteiger charge is -2.22. The summed E-state index contributed by atoms with van der Waals surface area (Å²) in [5.41, 5.74) is 0. The molecular weight excluding hydrogens is 476 g/mol. The van der Waals surface area contributed by atoms with Gasteiger partial charge in [0.25, 0.3) is 0 Å². The van der Waals surface area contributed by atoms with Crippen LogP contribution in [0.5, 0.6) is 0 Å². The van der Waals surface area contributed by atoms with E-state index in [-0.39, 0.29) is 63.3 Å². The number of hydrogen-bond donors (Lipinski definition) is 2. The van der Waals surface area contributed by atoms with Crippen molar-refractivity contribution in [3.8, 4) is 0 Å². The molecule has 0 aliphatic carbocycles. The fourth-order valence-electron chi connectivity index (χ4n) is 4.33. The van der Waals surface area contributed by atoms with Gasteiger partial charge in [0.1, 0.15) is 12.1 Å². The van der Waals surface area contributed by atoms with Crippen molar-refractivity contribution < 1.29 is 47.6 Å². The molecule has 2 aliphatic rings. The van der Waals surface area contributed by atoms with Gasteiger partial charge < -0.3 is 39.1 Å². The molecule has 2 heterocycles. The number of rotatable bonds is 16. The molecule has 206 valence electrons. The molecule has 6 atom stereocenters. The molecule has 2 fully saturated rings. The van der Waals surface area contributed by atoms with E-state index < -0.39 is 36.0 Å². The monoisotopic (exact) mass is 516 g/mol. The Hall–Kier alpha value is -2.28. The molecule has 0 aromatic rings. The lowest BCUT2D eigenvalue weighted by atomic mass is 9.95. The second-order valence-electron chi connectivity index (χ2n) is 8.56. The summed E-state index contributed by atoms with van der Waals surface area (Å²) in [6.07, 6.45) is -0.670. The van der Waals surface area contributed by atoms with Crippen LogP contribution in [0.15, 0.2) is 0 Å². The van der Waals surface area contributed by atoms with Crippen molar-refractivity contribution in [1.29, 1.82) is 0 Å². The second kappa shape index (κ2) is 15.7. The van der Waals surface area contributed by atoms with E-state index in [1.165, 1.54) is 0 Å². The molecule has 0 aromatic heterocycles. The number of carbonyl (C=O) groups excluding carboxylic acids is 4. The van der Waals surface area contributed by atoms with Crippen molar-refractivity contribution in [1.82, 2.24) is 10.6 Å². The fourth-order valence-corrected chi connectivity index (χ4v) is 4.33. The van der Waals surface area contributed by atoms with Gasteiger partial charge in [0.2, 0.25) is 0 Å². The first-order valence-corrected chi connectivity index (χ1v) is 12.7. The first kappa shape index (κ1) is 29.9. The molecule has 0 saturated carbocycles. The highest BCUT2D eigenvalue weighted by Gasteiger charge is 2.47. The highest BCUT2D eigenvalue weighted by atomic mass is 16.6. The van der Waals surface area contributed by atoms with Gasteiger partial charge in [-0.3, -0.25) is 19.2 Å². The Balaban J connectivity index is 1.90. The van der Waals surface area contributed by atoms with Crippen molar-refractivity contribution in [2.45, 2.75) is 64.8 Å². The van der Waals surface area contributed by atoms with Gasteiger partial charge in [-0.1, -0.05) is 0 Å². The lowest BCUT2D eigenvalue weighted by Crippen LogP contribution is -2.45. The molecule has 36 heavy (non-hydrogen) atoms. The van der Waals surface area contributed by atoms with Crippen LogP contribution in [0.2, 0.25) is 0 Å². The van der Waals surface area contributed by atoms with Crippen LogP contribution in [-0.4, -0.2) is 101 Å². The largest absolute Gasteiger partial charge is 0.466 e. The molecule has 0 bridgehead atoms. The van der Waals surface area contributed by atoms with Gasteiger partial charge >= 0.3 is 23.9 Å². The minimum atomic E-state index is -0.824. The van der Waals surface area contributed by atoms with Crippen LogP contribution in [0.4, 0.5) is 0 Å². The maximum absolute atomic E-state index is 12.3. The van der Waals surface area contributed by atoms with E-state index in [1.807, 2.05) is 0 Å². The summed E-state index contributed by atoms with van der Waals surface area (Å²) >= 11 is 0. The average molecular weight is 517 g/mol. The fraction of sp³-hybridized carbons (Fsp3) is 0.833. The highest BCUT2D eigenvalue weighted by Crippen LogP contribution is 2.34. The maximum atomic E-state index is 12.3. The first-order valence-electron chi connectivity index (χ1n) is 12.7. The zero-order chi connectivity index (χ0) is 26.5. The number of hydrogen-bond acceptors (Lipinski definition) is 12. The Labute approximate surface area is 212 Å². The van der Waals surface area contributed by atoms with E-state index in [0.29, 0.717) is 26.3 Å². The van der Waals surface area contributed by atoms with Crippen molar-refractivity contribution in [3.63, 3.8) is 0 Å².